The maximum Gasteiger partial charge on any atom is 0.0286 e. The number of nitrogens with zero attached hydrogens (tertiary/aromatic N) is 9. The fourth-order valence-electron chi connectivity index (χ4n) is 2.59. The maximum atomic E-state index is 8.01. The van der Waals surface area contributed by atoms with Crippen LogP contribution < -0.4 is 0 Å². The molecule has 9 nitrogen and oxygen atoms in total. The summed E-state index contributed by atoms with van der Waals surface area (Å²) in [5.41, 5.74) is 24.3. The summed E-state index contributed by atoms with van der Waals surface area (Å²) in [4.78, 5) is 8.08. The van der Waals surface area contributed by atoms with Gasteiger partial charge < -0.3 is 0 Å². The van der Waals surface area contributed by atoms with Crippen LogP contribution in [0.4, 0.5) is 0 Å². The van der Waals surface area contributed by atoms with Gasteiger partial charge in [0.1, 0.15) is 0 Å². The Morgan fingerprint density at radius 2 is 1.10 bits per heavy atom. The highest BCUT2D eigenvalue weighted by atomic mass is 15.1. The SMILES string of the molecule is CC(C)(C)CCCCCN=[N+]=[N-].CCC(CC)CN=[N+]=[N-].CCCCCCCN=[N+]=[N-]. The number of unbranched alkanes of at least 4 members (excludes halogenated alkanes) is 6. The zero-order valence-electron chi connectivity index (χ0n) is 21.0. The molecule has 31 heavy (non-hydrogen) atoms. The van der Waals surface area contributed by atoms with E-state index in [1.807, 2.05) is 0 Å². The van der Waals surface area contributed by atoms with E-state index in [1.54, 1.807) is 0 Å². The molecule has 0 N–H and O–H groups in total. The van der Waals surface area contributed by atoms with Gasteiger partial charge >= 0.3 is 0 Å². The van der Waals surface area contributed by atoms with Gasteiger partial charge in [0, 0.05) is 34.4 Å². The molecule has 9 heteroatoms. The Kier molecular flexibility index (Phi) is 30.2. The first-order chi connectivity index (χ1) is 14.8. The summed E-state index contributed by atoms with van der Waals surface area (Å²) in [7, 11) is 0. The largest absolute Gasteiger partial charge is 0.0940 e. The molecule has 0 heterocycles. The predicted octanol–water partition coefficient (Wildman–Crippen LogP) is 9.90. The van der Waals surface area contributed by atoms with Crippen LogP contribution in [-0.4, -0.2) is 19.6 Å². The summed E-state index contributed by atoms with van der Waals surface area (Å²) in [6.07, 6.45) is 13.0. The van der Waals surface area contributed by atoms with E-state index < -0.39 is 0 Å². The van der Waals surface area contributed by atoms with Crippen LogP contribution in [0.15, 0.2) is 15.3 Å². The maximum absolute atomic E-state index is 8.01. The Balaban J connectivity index is -0.000000384. The zero-order valence-corrected chi connectivity index (χ0v) is 21.0. The minimum Gasteiger partial charge on any atom is -0.0940 e. The Hall–Kier alpha value is -2.07. The second kappa shape index (κ2) is 27.9. The van der Waals surface area contributed by atoms with Crippen molar-refractivity contribution in [3.63, 3.8) is 0 Å². The van der Waals surface area contributed by atoms with Crippen molar-refractivity contribution in [1.82, 2.24) is 0 Å². The van der Waals surface area contributed by atoms with E-state index in [1.165, 1.54) is 44.9 Å². The number of azide groups is 3. The lowest BCUT2D eigenvalue weighted by Gasteiger charge is -2.17. The smallest absolute Gasteiger partial charge is 0.0286 e. The third-order valence-corrected chi connectivity index (χ3v) is 4.73. The third kappa shape index (κ3) is 39.0. The lowest BCUT2D eigenvalue weighted by atomic mass is 9.89. The summed E-state index contributed by atoms with van der Waals surface area (Å²) in [6, 6.07) is 0. The molecule has 0 amide bonds. The molecule has 0 aliphatic carbocycles. The first kappa shape index (κ1) is 33.6. The first-order valence-corrected chi connectivity index (χ1v) is 11.8. The lowest BCUT2D eigenvalue weighted by Crippen LogP contribution is -2.03. The van der Waals surface area contributed by atoms with Crippen LogP contribution in [0.1, 0.15) is 112 Å². The molecule has 0 rings (SSSR count). The van der Waals surface area contributed by atoms with Crippen LogP contribution in [0.3, 0.4) is 0 Å². The average Bonchev–Trinajstić information content (AvgIpc) is 2.74. The van der Waals surface area contributed by atoms with Gasteiger partial charge in [0.15, 0.2) is 0 Å². The summed E-state index contributed by atoms with van der Waals surface area (Å²) >= 11 is 0. The molecule has 0 aromatic heterocycles. The molecule has 0 aliphatic heterocycles. The van der Waals surface area contributed by atoms with Crippen LogP contribution in [0.25, 0.3) is 31.3 Å². The predicted molar refractivity (Wildman–Crippen MR) is 133 cm³/mol. The molecule has 0 bridgehead atoms. The van der Waals surface area contributed by atoms with Crippen molar-refractivity contribution in [2.24, 2.45) is 26.7 Å². The van der Waals surface area contributed by atoms with E-state index in [0.717, 1.165) is 25.7 Å². The fourth-order valence-corrected chi connectivity index (χ4v) is 2.59. The highest BCUT2D eigenvalue weighted by molar-refractivity contribution is 4.61. The third-order valence-electron chi connectivity index (χ3n) is 4.73. The first-order valence-electron chi connectivity index (χ1n) is 11.8. The summed E-state index contributed by atoms with van der Waals surface area (Å²) < 4.78 is 0. The lowest BCUT2D eigenvalue weighted by molar-refractivity contribution is 0.358. The molecule has 0 spiro atoms. The molecule has 0 atom stereocenters. The van der Waals surface area contributed by atoms with E-state index in [9.17, 15) is 0 Å². The molecular weight excluding hydrogens is 390 g/mol. The molecule has 0 saturated carbocycles. The van der Waals surface area contributed by atoms with Crippen LogP contribution in [0, 0.1) is 11.3 Å². The summed E-state index contributed by atoms with van der Waals surface area (Å²) in [6.45, 7) is 15.1. The van der Waals surface area contributed by atoms with Crippen LogP contribution in [0.2, 0.25) is 0 Å². The van der Waals surface area contributed by atoms with Crippen LogP contribution >= 0.6 is 0 Å². The van der Waals surface area contributed by atoms with Crippen molar-refractivity contribution < 1.29 is 0 Å². The molecule has 0 fully saturated rings. The van der Waals surface area contributed by atoms with Gasteiger partial charge in [-0.05, 0) is 47.2 Å². The molecule has 0 aromatic carbocycles. The molecule has 180 valence electrons. The van der Waals surface area contributed by atoms with Crippen LogP contribution in [-0.2, 0) is 0 Å². The Bertz CT molecular complexity index is 506. The van der Waals surface area contributed by atoms with Crippen molar-refractivity contribution in [3.8, 4) is 0 Å². The standard InChI is InChI=1S/C9H19N3.C7H15N3.C6H13N3/c1-9(2,3)7-5-4-6-8-11-12-10;1-2-3-4-5-6-7-9-10-8;1-3-6(4-2)5-8-9-7/h4-8H2,1-3H3;2-7H2,1H3;6H,3-5H2,1-2H3. The molecule has 0 unspecified atom stereocenters. The van der Waals surface area contributed by atoms with Gasteiger partial charge in [-0.2, -0.15) is 0 Å². The molecule has 0 saturated heterocycles. The highest BCUT2D eigenvalue weighted by Crippen LogP contribution is 2.21. The number of rotatable bonds is 15. The second-order valence-corrected chi connectivity index (χ2v) is 8.79. The quantitative estimate of drug-likeness (QED) is 0.104. The fraction of sp³-hybridized carbons (Fsp3) is 1.00. The van der Waals surface area contributed by atoms with E-state index in [2.05, 4.69) is 71.6 Å². The average molecular weight is 438 g/mol. The second-order valence-electron chi connectivity index (χ2n) is 8.79. The molecule has 0 aliphatic rings. The van der Waals surface area contributed by atoms with Gasteiger partial charge in [0.25, 0.3) is 0 Å². The van der Waals surface area contributed by atoms with Gasteiger partial charge in [-0.1, -0.05) is 108 Å². The van der Waals surface area contributed by atoms with Gasteiger partial charge in [-0.25, -0.2) is 0 Å². The number of hydrogen-bond donors (Lipinski definition) is 0. The minimum atomic E-state index is 0.443. The normalized spacial score (nSPS) is 9.77. The van der Waals surface area contributed by atoms with Crippen molar-refractivity contribution in [3.05, 3.63) is 31.3 Å². The van der Waals surface area contributed by atoms with E-state index in [-0.39, 0.29) is 0 Å². The topological polar surface area (TPSA) is 146 Å². The summed E-state index contributed by atoms with van der Waals surface area (Å²) in [5.74, 6) is 0.584. The van der Waals surface area contributed by atoms with Crippen LogP contribution in [0.5, 0.6) is 0 Å². The Morgan fingerprint density at radius 3 is 1.48 bits per heavy atom. The van der Waals surface area contributed by atoms with Crippen molar-refractivity contribution in [2.45, 2.75) is 112 Å². The molecule has 0 radical (unpaired) electrons. The monoisotopic (exact) mass is 437 g/mol. The molecule has 0 aromatic rings. The Morgan fingerprint density at radius 1 is 0.645 bits per heavy atom. The Labute approximate surface area is 190 Å². The van der Waals surface area contributed by atoms with Crippen molar-refractivity contribution in [1.29, 1.82) is 0 Å². The van der Waals surface area contributed by atoms with Gasteiger partial charge in [0.05, 0.1) is 0 Å². The van der Waals surface area contributed by atoms with Crippen molar-refractivity contribution in [2.75, 3.05) is 19.6 Å². The molecular formula is C22H47N9. The minimum absolute atomic E-state index is 0.443. The number of hydrogen-bond acceptors (Lipinski definition) is 3. The van der Waals surface area contributed by atoms with E-state index in [0.29, 0.717) is 31.0 Å². The van der Waals surface area contributed by atoms with E-state index >= 15 is 0 Å². The van der Waals surface area contributed by atoms with Gasteiger partial charge in [0.2, 0.25) is 0 Å². The van der Waals surface area contributed by atoms with Crippen molar-refractivity contribution >= 4 is 0 Å². The highest BCUT2D eigenvalue weighted by Gasteiger charge is 2.08. The zero-order chi connectivity index (χ0) is 24.2. The van der Waals surface area contributed by atoms with Gasteiger partial charge in [-0.3, -0.25) is 0 Å². The summed E-state index contributed by atoms with van der Waals surface area (Å²) in [5, 5.41) is 10.4. The van der Waals surface area contributed by atoms with E-state index in [4.69, 9.17) is 16.6 Å². The van der Waals surface area contributed by atoms with Gasteiger partial charge in [-0.15, -0.1) is 0 Å².